The van der Waals surface area contributed by atoms with Crippen LogP contribution < -0.4 is 21.1 Å². The molecule has 3 amide bonds. The van der Waals surface area contributed by atoms with Gasteiger partial charge in [-0.2, -0.15) is 0 Å². The minimum absolute atomic E-state index is 0.360. The molecule has 0 saturated carbocycles. The van der Waals surface area contributed by atoms with Gasteiger partial charge in [0, 0.05) is 26.3 Å². The first-order valence-corrected chi connectivity index (χ1v) is 7.54. The molecule has 0 unspecified atom stereocenters. The summed E-state index contributed by atoms with van der Waals surface area (Å²) >= 11 is 0. The first kappa shape index (κ1) is 17.4. The Balaban J connectivity index is 1.79. The fourth-order valence-corrected chi connectivity index (χ4v) is 2.18. The normalized spacial score (nSPS) is 10.2. The predicted octanol–water partition coefficient (Wildman–Crippen LogP) is 2.11. The molecule has 0 atom stereocenters. The van der Waals surface area contributed by atoms with Gasteiger partial charge in [-0.15, -0.1) is 0 Å². The zero-order chi connectivity index (χ0) is 17.7. The molecule has 3 N–H and O–H groups in total. The number of anilines is 1. The lowest BCUT2D eigenvalue weighted by molar-refractivity contribution is 0.0934. The Hall–Kier alpha value is -2.96. The summed E-state index contributed by atoms with van der Waals surface area (Å²) in [6.07, 6.45) is 0. The van der Waals surface area contributed by atoms with Gasteiger partial charge in [0.05, 0.1) is 5.56 Å². The highest BCUT2D eigenvalue weighted by Gasteiger charge is 2.13. The molecule has 1 heterocycles. The molecule has 1 aromatic carbocycles. The number of amides is 3. The summed E-state index contributed by atoms with van der Waals surface area (Å²) in [4.78, 5) is 25.7. The molecule has 0 fully saturated rings. The lowest BCUT2D eigenvalue weighted by atomic mass is 10.2. The summed E-state index contributed by atoms with van der Waals surface area (Å²) in [7, 11) is 3.93. The van der Waals surface area contributed by atoms with Crippen LogP contribution in [0, 0.1) is 13.8 Å². The molecule has 0 spiro atoms. The van der Waals surface area contributed by atoms with Crippen LogP contribution in [0.15, 0.2) is 34.7 Å². The molecule has 7 heteroatoms. The third-order valence-electron chi connectivity index (χ3n) is 3.48. The van der Waals surface area contributed by atoms with Crippen molar-refractivity contribution in [2.45, 2.75) is 20.4 Å². The summed E-state index contributed by atoms with van der Waals surface area (Å²) in [5.74, 6) is 0.728. The molecule has 7 nitrogen and oxygen atoms in total. The van der Waals surface area contributed by atoms with Crippen molar-refractivity contribution in [1.29, 1.82) is 0 Å². The topological polar surface area (TPSA) is 86.6 Å². The third kappa shape index (κ3) is 4.52. The molecule has 0 bridgehead atoms. The lowest BCUT2D eigenvalue weighted by Gasteiger charge is -2.13. The number of hydrogen-bond donors (Lipinski definition) is 3. The molecule has 0 aliphatic carbocycles. The van der Waals surface area contributed by atoms with Crippen LogP contribution in [0.1, 0.15) is 27.4 Å². The Morgan fingerprint density at radius 2 is 1.75 bits per heavy atom. The SMILES string of the molecule is Cc1cc(C(=O)NNC(=O)NCc2ccc(N(C)C)cc2)c(C)o1. The quantitative estimate of drug-likeness (QED) is 0.749. The number of carbonyl (C=O) groups is 2. The number of rotatable bonds is 4. The summed E-state index contributed by atoms with van der Waals surface area (Å²) in [5, 5.41) is 2.67. The van der Waals surface area contributed by atoms with Crippen LogP contribution in [0.2, 0.25) is 0 Å². The Bertz CT molecular complexity index is 720. The number of hydrogen-bond acceptors (Lipinski definition) is 4. The molecule has 0 radical (unpaired) electrons. The van der Waals surface area contributed by atoms with Crippen molar-refractivity contribution in [2.75, 3.05) is 19.0 Å². The van der Waals surface area contributed by atoms with E-state index >= 15 is 0 Å². The van der Waals surface area contributed by atoms with E-state index in [2.05, 4.69) is 16.2 Å². The van der Waals surface area contributed by atoms with Gasteiger partial charge in [0.15, 0.2) is 0 Å². The van der Waals surface area contributed by atoms with E-state index in [1.165, 1.54) is 0 Å². The van der Waals surface area contributed by atoms with Crippen molar-refractivity contribution < 1.29 is 14.0 Å². The molecular weight excluding hydrogens is 308 g/mol. The molecule has 1 aromatic heterocycles. The molecule has 2 rings (SSSR count). The second kappa shape index (κ2) is 7.54. The highest BCUT2D eigenvalue weighted by Crippen LogP contribution is 2.13. The highest BCUT2D eigenvalue weighted by molar-refractivity contribution is 5.96. The second-order valence-corrected chi connectivity index (χ2v) is 5.65. The molecule has 128 valence electrons. The largest absolute Gasteiger partial charge is 0.466 e. The second-order valence-electron chi connectivity index (χ2n) is 5.65. The maximum absolute atomic E-state index is 11.9. The molecule has 0 aliphatic rings. The maximum Gasteiger partial charge on any atom is 0.333 e. The maximum atomic E-state index is 11.9. The van der Waals surface area contributed by atoms with Gasteiger partial charge in [-0.1, -0.05) is 12.1 Å². The van der Waals surface area contributed by atoms with Crippen LogP contribution in [-0.2, 0) is 6.54 Å². The first-order chi connectivity index (χ1) is 11.4. The first-order valence-electron chi connectivity index (χ1n) is 7.54. The number of benzene rings is 1. The van der Waals surface area contributed by atoms with Gasteiger partial charge in [0.2, 0.25) is 0 Å². The van der Waals surface area contributed by atoms with Gasteiger partial charge in [-0.25, -0.2) is 10.2 Å². The highest BCUT2D eigenvalue weighted by atomic mass is 16.3. The van der Waals surface area contributed by atoms with Crippen molar-refractivity contribution >= 4 is 17.6 Å². The van der Waals surface area contributed by atoms with Crippen LogP contribution >= 0.6 is 0 Å². The average Bonchev–Trinajstić information content (AvgIpc) is 2.89. The Morgan fingerprint density at radius 1 is 1.08 bits per heavy atom. The van der Waals surface area contributed by atoms with E-state index in [1.54, 1.807) is 19.9 Å². The number of furan rings is 1. The molecule has 24 heavy (non-hydrogen) atoms. The van der Waals surface area contributed by atoms with E-state index in [0.29, 0.717) is 23.6 Å². The van der Waals surface area contributed by atoms with Gasteiger partial charge in [0.25, 0.3) is 5.91 Å². The zero-order valence-electron chi connectivity index (χ0n) is 14.3. The third-order valence-corrected chi connectivity index (χ3v) is 3.48. The summed E-state index contributed by atoms with van der Waals surface area (Å²) in [6, 6.07) is 8.95. The zero-order valence-corrected chi connectivity index (χ0v) is 14.3. The van der Waals surface area contributed by atoms with Crippen LogP contribution in [0.5, 0.6) is 0 Å². The van der Waals surface area contributed by atoms with E-state index in [4.69, 9.17) is 4.42 Å². The van der Waals surface area contributed by atoms with Crippen LogP contribution in [0.25, 0.3) is 0 Å². The van der Waals surface area contributed by atoms with Gasteiger partial charge in [-0.05, 0) is 37.6 Å². The van der Waals surface area contributed by atoms with Crippen molar-refractivity contribution in [1.82, 2.24) is 16.2 Å². The number of urea groups is 1. The van der Waals surface area contributed by atoms with Gasteiger partial charge in [0.1, 0.15) is 11.5 Å². The molecule has 0 aliphatic heterocycles. The standard InChI is InChI=1S/C17H22N4O3/c1-11-9-15(12(2)24-11)16(22)19-20-17(23)18-10-13-5-7-14(8-6-13)21(3)4/h5-9H,10H2,1-4H3,(H,19,22)(H2,18,20,23). The summed E-state index contributed by atoms with van der Waals surface area (Å²) in [5.41, 5.74) is 7.10. The monoisotopic (exact) mass is 330 g/mol. The van der Waals surface area contributed by atoms with E-state index < -0.39 is 11.9 Å². The Labute approximate surface area is 141 Å². The average molecular weight is 330 g/mol. The van der Waals surface area contributed by atoms with Crippen molar-refractivity contribution in [3.05, 3.63) is 53.0 Å². The van der Waals surface area contributed by atoms with Gasteiger partial charge < -0.3 is 14.6 Å². The van der Waals surface area contributed by atoms with Crippen molar-refractivity contribution in [2.24, 2.45) is 0 Å². The van der Waals surface area contributed by atoms with E-state index in [0.717, 1.165) is 11.3 Å². The fraction of sp³-hybridized carbons (Fsp3) is 0.294. The summed E-state index contributed by atoms with van der Waals surface area (Å²) in [6.45, 7) is 3.81. The van der Waals surface area contributed by atoms with E-state index in [1.807, 2.05) is 43.3 Å². The van der Waals surface area contributed by atoms with E-state index in [-0.39, 0.29) is 0 Å². The number of hydrazine groups is 1. The number of aryl methyl sites for hydroxylation is 2. The minimum atomic E-state index is -0.488. The Kier molecular flexibility index (Phi) is 5.47. The Morgan fingerprint density at radius 3 is 2.29 bits per heavy atom. The number of nitrogens with zero attached hydrogens (tertiary/aromatic N) is 1. The van der Waals surface area contributed by atoms with Gasteiger partial charge in [-0.3, -0.25) is 10.2 Å². The van der Waals surface area contributed by atoms with Crippen molar-refractivity contribution in [3.8, 4) is 0 Å². The van der Waals surface area contributed by atoms with Crippen LogP contribution in [0.4, 0.5) is 10.5 Å². The van der Waals surface area contributed by atoms with Crippen molar-refractivity contribution in [3.63, 3.8) is 0 Å². The van der Waals surface area contributed by atoms with E-state index in [9.17, 15) is 9.59 Å². The molecular formula is C17H22N4O3. The molecule has 0 saturated heterocycles. The number of carbonyl (C=O) groups excluding carboxylic acids is 2. The summed E-state index contributed by atoms with van der Waals surface area (Å²) < 4.78 is 5.28. The number of nitrogens with one attached hydrogen (secondary N) is 3. The van der Waals surface area contributed by atoms with Crippen LogP contribution in [0.3, 0.4) is 0 Å². The lowest BCUT2D eigenvalue weighted by Crippen LogP contribution is -2.46. The fourth-order valence-electron chi connectivity index (χ4n) is 2.18. The van der Waals surface area contributed by atoms with Gasteiger partial charge >= 0.3 is 6.03 Å². The smallest absolute Gasteiger partial charge is 0.333 e. The van der Waals surface area contributed by atoms with Crippen LogP contribution in [-0.4, -0.2) is 26.0 Å². The predicted molar refractivity (Wildman–Crippen MR) is 91.8 cm³/mol. The minimum Gasteiger partial charge on any atom is -0.466 e. The molecule has 2 aromatic rings.